The van der Waals surface area contributed by atoms with E-state index in [2.05, 4.69) is 10.2 Å². The zero-order valence-corrected chi connectivity index (χ0v) is 14.2. The molecule has 0 aromatic heterocycles. The zero-order chi connectivity index (χ0) is 19.0. The number of hydrogen-bond acceptors (Lipinski definition) is 7. The summed E-state index contributed by atoms with van der Waals surface area (Å²) in [5.41, 5.74) is 10.8. The minimum absolute atomic E-state index is 0.00267. The summed E-state index contributed by atoms with van der Waals surface area (Å²) in [7, 11) is 0. The SMILES string of the molecule is CCCC(NC(=O)CCCC(=O)ON1C(=O)CCC1=O)[C@H](N)C(N)=O. The van der Waals surface area contributed by atoms with Crippen molar-refractivity contribution in [1.29, 1.82) is 0 Å². The predicted octanol–water partition coefficient (Wildman–Crippen LogP) is -1.14. The Kier molecular flexibility index (Phi) is 7.99. The number of hydroxylamine groups is 2. The van der Waals surface area contributed by atoms with Crippen LogP contribution in [0.2, 0.25) is 0 Å². The smallest absolute Gasteiger partial charge is 0.333 e. The van der Waals surface area contributed by atoms with Gasteiger partial charge in [-0.2, -0.15) is 0 Å². The topological polar surface area (TPSA) is 162 Å². The average Bonchev–Trinajstić information content (AvgIpc) is 2.85. The molecule has 1 rings (SSSR count). The van der Waals surface area contributed by atoms with Gasteiger partial charge in [0.1, 0.15) is 6.04 Å². The second-order valence-corrected chi connectivity index (χ2v) is 5.79. The first-order valence-electron chi connectivity index (χ1n) is 8.17. The van der Waals surface area contributed by atoms with Gasteiger partial charge in [-0.05, 0) is 12.8 Å². The first kappa shape index (κ1) is 20.6. The van der Waals surface area contributed by atoms with Crippen LogP contribution in [0.25, 0.3) is 0 Å². The predicted molar refractivity (Wildman–Crippen MR) is 85.0 cm³/mol. The van der Waals surface area contributed by atoms with Gasteiger partial charge in [-0.15, -0.1) is 5.06 Å². The molecule has 0 bridgehead atoms. The fourth-order valence-corrected chi connectivity index (χ4v) is 2.33. The summed E-state index contributed by atoms with van der Waals surface area (Å²) in [4.78, 5) is 62.0. The van der Waals surface area contributed by atoms with E-state index in [0.29, 0.717) is 17.9 Å². The number of nitrogens with one attached hydrogen (secondary N) is 1. The third-order valence-corrected chi connectivity index (χ3v) is 3.69. The van der Waals surface area contributed by atoms with Gasteiger partial charge in [-0.1, -0.05) is 13.3 Å². The van der Waals surface area contributed by atoms with Gasteiger partial charge in [0.15, 0.2) is 0 Å². The average molecular weight is 356 g/mol. The van der Waals surface area contributed by atoms with Gasteiger partial charge in [0, 0.05) is 25.7 Å². The van der Waals surface area contributed by atoms with Crippen LogP contribution in [0.4, 0.5) is 0 Å². The van der Waals surface area contributed by atoms with Gasteiger partial charge in [0.25, 0.3) is 11.8 Å². The molecule has 0 saturated carbocycles. The summed E-state index contributed by atoms with van der Waals surface area (Å²) in [5, 5.41) is 3.09. The Bertz CT molecular complexity index is 534. The highest BCUT2D eigenvalue weighted by atomic mass is 16.7. The first-order chi connectivity index (χ1) is 11.8. The second-order valence-electron chi connectivity index (χ2n) is 5.79. The molecular formula is C15H24N4O6. The van der Waals surface area contributed by atoms with Crippen LogP contribution >= 0.6 is 0 Å². The van der Waals surface area contributed by atoms with Crippen molar-refractivity contribution in [3.63, 3.8) is 0 Å². The van der Waals surface area contributed by atoms with E-state index in [-0.39, 0.29) is 38.0 Å². The van der Waals surface area contributed by atoms with Crippen molar-refractivity contribution < 1.29 is 28.8 Å². The third kappa shape index (κ3) is 6.49. The van der Waals surface area contributed by atoms with Crippen LogP contribution in [-0.2, 0) is 28.8 Å². The van der Waals surface area contributed by atoms with E-state index >= 15 is 0 Å². The molecule has 0 aromatic carbocycles. The van der Waals surface area contributed by atoms with Gasteiger partial charge in [0.05, 0.1) is 6.04 Å². The normalized spacial score (nSPS) is 16.5. The number of nitrogens with two attached hydrogens (primary N) is 2. The largest absolute Gasteiger partial charge is 0.368 e. The maximum Gasteiger partial charge on any atom is 0.333 e. The quantitative estimate of drug-likeness (QED) is 0.417. The van der Waals surface area contributed by atoms with Crippen LogP contribution in [0.3, 0.4) is 0 Å². The molecule has 1 heterocycles. The third-order valence-electron chi connectivity index (χ3n) is 3.69. The molecule has 1 fully saturated rings. The maximum absolute atomic E-state index is 11.9. The lowest BCUT2D eigenvalue weighted by molar-refractivity contribution is -0.197. The van der Waals surface area contributed by atoms with E-state index < -0.39 is 35.8 Å². The van der Waals surface area contributed by atoms with Gasteiger partial charge in [-0.25, -0.2) is 4.79 Å². The van der Waals surface area contributed by atoms with Crippen LogP contribution < -0.4 is 16.8 Å². The number of amides is 4. The highest BCUT2D eigenvalue weighted by Gasteiger charge is 2.32. The molecule has 1 aliphatic heterocycles. The van der Waals surface area contributed by atoms with Crippen molar-refractivity contribution in [3.8, 4) is 0 Å². The minimum Gasteiger partial charge on any atom is -0.368 e. The summed E-state index contributed by atoms with van der Waals surface area (Å²) in [6, 6.07) is -1.55. The summed E-state index contributed by atoms with van der Waals surface area (Å²) >= 11 is 0. The first-order valence-corrected chi connectivity index (χ1v) is 8.17. The molecule has 1 saturated heterocycles. The number of hydrogen-bond donors (Lipinski definition) is 3. The van der Waals surface area contributed by atoms with Crippen LogP contribution in [0.15, 0.2) is 0 Å². The second kappa shape index (κ2) is 9.72. The Morgan fingerprint density at radius 1 is 1.20 bits per heavy atom. The molecule has 4 amide bonds. The van der Waals surface area contributed by atoms with Gasteiger partial charge >= 0.3 is 5.97 Å². The molecule has 10 heteroatoms. The highest BCUT2D eigenvalue weighted by molar-refractivity contribution is 6.01. The lowest BCUT2D eigenvalue weighted by Crippen LogP contribution is -2.53. The molecule has 1 aliphatic rings. The molecule has 10 nitrogen and oxygen atoms in total. The minimum atomic E-state index is -0.985. The number of rotatable bonds is 10. The van der Waals surface area contributed by atoms with E-state index in [4.69, 9.17) is 11.5 Å². The van der Waals surface area contributed by atoms with E-state index in [1.54, 1.807) is 0 Å². The Labute approximate surface area is 145 Å². The van der Waals surface area contributed by atoms with E-state index in [9.17, 15) is 24.0 Å². The Morgan fingerprint density at radius 3 is 2.32 bits per heavy atom. The zero-order valence-electron chi connectivity index (χ0n) is 14.2. The number of nitrogens with zero attached hydrogens (tertiary/aromatic N) is 1. The van der Waals surface area contributed by atoms with Crippen molar-refractivity contribution in [2.24, 2.45) is 11.5 Å². The summed E-state index contributed by atoms with van der Waals surface area (Å²) in [6.07, 6.45) is 1.27. The molecule has 0 radical (unpaired) electrons. The summed E-state index contributed by atoms with van der Waals surface area (Å²) in [6.45, 7) is 1.88. The lowest BCUT2D eigenvalue weighted by Gasteiger charge is -2.22. The molecule has 2 atom stereocenters. The molecule has 0 spiro atoms. The molecule has 5 N–H and O–H groups in total. The maximum atomic E-state index is 11.9. The van der Waals surface area contributed by atoms with Crippen molar-refractivity contribution in [1.82, 2.24) is 10.4 Å². The summed E-state index contributed by atoms with van der Waals surface area (Å²) in [5.74, 6) is -2.97. The van der Waals surface area contributed by atoms with E-state index in [1.807, 2.05) is 6.92 Å². The van der Waals surface area contributed by atoms with Crippen molar-refractivity contribution in [3.05, 3.63) is 0 Å². The molecular weight excluding hydrogens is 332 g/mol. The van der Waals surface area contributed by atoms with E-state index in [1.165, 1.54) is 0 Å². The van der Waals surface area contributed by atoms with Crippen LogP contribution in [-0.4, -0.2) is 46.7 Å². The van der Waals surface area contributed by atoms with Crippen molar-refractivity contribution in [2.75, 3.05) is 0 Å². The van der Waals surface area contributed by atoms with Crippen molar-refractivity contribution >= 4 is 29.6 Å². The highest BCUT2D eigenvalue weighted by Crippen LogP contribution is 2.13. The van der Waals surface area contributed by atoms with Crippen LogP contribution in [0.5, 0.6) is 0 Å². The molecule has 1 unspecified atom stereocenters. The van der Waals surface area contributed by atoms with Crippen molar-refractivity contribution in [2.45, 2.75) is 64.0 Å². The number of imide groups is 1. The summed E-state index contributed by atoms with van der Waals surface area (Å²) < 4.78 is 0. The standard InChI is InChI=1S/C15H24N4O6/c1-2-4-9(14(16)15(17)24)18-10(20)5-3-6-13(23)25-19-11(21)7-8-12(19)22/h9,14H,2-8,16H2,1H3,(H2,17,24)(H,18,20)/t9?,14-/m0/s1. The molecule has 0 aromatic rings. The fraction of sp³-hybridized carbons (Fsp3) is 0.667. The number of carbonyl (C=O) groups excluding carboxylic acids is 5. The molecule has 25 heavy (non-hydrogen) atoms. The number of carbonyl (C=O) groups is 5. The van der Waals surface area contributed by atoms with E-state index in [0.717, 1.165) is 0 Å². The van der Waals surface area contributed by atoms with Crippen LogP contribution in [0.1, 0.15) is 51.9 Å². The Hall–Kier alpha value is -2.49. The van der Waals surface area contributed by atoms with Gasteiger partial charge in [-0.3, -0.25) is 19.2 Å². The fourth-order valence-electron chi connectivity index (χ4n) is 2.33. The monoisotopic (exact) mass is 356 g/mol. The van der Waals surface area contributed by atoms with Crippen LogP contribution in [0, 0.1) is 0 Å². The lowest BCUT2D eigenvalue weighted by atomic mass is 10.0. The van der Waals surface area contributed by atoms with Gasteiger partial charge in [0.2, 0.25) is 11.8 Å². The molecule has 140 valence electrons. The van der Waals surface area contributed by atoms with Gasteiger partial charge < -0.3 is 21.6 Å². The number of primary amides is 1. The Balaban J connectivity index is 2.35. The Morgan fingerprint density at radius 2 is 1.80 bits per heavy atom. The molecule has 0 aliphatic carbocycles.